The highest BCUT2D eigenvalue weighted by Crippen LogP contribution is 2.09. The summed E-state index contributed by atoms with van der Waals surface area (Å²) in [4.78, 5) is 33.9. The van der Waals surface area contributed by atoms with E-state index in [0.29, 0.717) is 5.02 Å². The zero-order chi connectivity index (χ0) is 16.7. The van der Waals surface area contributed by atoms with Gasteiger partial charge in [-0.2, -0.15) is 0 Å². The summed E-state index contributed by atoms with van der Waals surface area (Å²) >= 11 is 5.75. The molecular weight excluding hydrogens is 310 g/mol. The highest BCUT2D eigenvalue weighted by Gasteiger charge is 2.20. The molecule has 8 heteroatoms. The lowest BCUT2D eigenvalue weighted by atomic mass is 10.1. The zero-order valence-corrected chi connectivity index (χ0v) is 12.8. The van der Waals surface area contributed by atoms with Crippen LogP contribution in [0.5, 0.6) is 0 Å². The monoisotopic (exact) mass is 327 g/mol. The van der Waals surface area contributed by atoms with Gasteiger partial charge in [0.25, 0.3) is 0 Å². The molecule has 0 saturated carbocycles. The second kappa shape index (κ2) is 8.35. The van der Waals surface area contributed by atoms with Crippen molar-refractivity contribution < 1.29 is 19.5 Å². The van der Waals surface area contributed by atoms with E-state index in [9.17, 15) is 14.4 Å². The summed E-state index contributed by atoms with van der Waals surface area (Å²) in [6.07, 6.45) is -0.288. The zero-order valence-electron chi connectivity index (χ0n) is 12.0. The van der Waals surface area contributed by atoms with Crippen molar-refractivity contribution in [3.05, 3.63) is 34.9 Å². The normalized spacial score (nSPS) is 13.0. The van der Waals surface area contributed by atoms with Crippen LogP contribution in [0.2, 0.25) is 5.02 Å². The van der Waals surface area contributed by atoms with Crippen LogP contribution < -0.4 is 16.4 Å². The van der Waals surface area contributed by atoms with Gasteiger partial charge < -0.3 is 21.5 Å². The van der Waals surface area contributed by atoms with E-state index in [1.807, 2.05) is 0 Å². The molecule has 1 rings (SSSR count). The first-order valence-electron chi connectivity index (χ1n) is 6.59. The van der Waals surface area contributed by atoms with E-state index in [-0.39, 0.29) is 13.0 Å². The van der Waals surface area contributed by atoms with Crippen LogP contribution in [0.4, 0.5) is 0 Å². The molecule has 0 spiro atoms. The van der Waals surface area contributed by atoms with Crippen LogP contribution in [0.1, 0.15) is 18.9 Å². The van der Waals surface area contributed by atoms with Crippen LogP contribution in [-0.2, 0) is 20.9 Å². The number of carboxylic acid groups (broad SMARTS) is 1. The van der Waals surface area contributed by atoms with Gasteiger partial charge in [-0.3, -0.25) is 14.4 Å². The smallest absolute Gasteiger partial charge is 0.325 e. The van der Waals surface area contributed by atoms with E-state index in [1.165, 1.54) is 6.92 Å². The number of rotatable bonds is 7. The molecule has 0 bridgehead atoms. The van der Waals surface area contributed by atoms with Crippen LogP contribution in [0.25, 0.3) is 0 Å². The van der Waals surface area contributed by atoms with Crippen molar-refractivity contribution in [1.82, 2.24) is 10.6 Å². The average molecular weight is 328 g/mol. The highest BCUT2D eigenvalue weighted by atomic mass is 35.5. The van der Waals surface area contributed by atoms with E-state index >= 15 is 0 Å². The minimum absolute atomic E-state index is 0.261. The third-order valence-corrected chi connectivity index (χ3v) is 3.12. The van der Waals surface area contributed by atoms with Gasteiger partial charge in [-0.05, 0) is 24.6 Å². The molecule has 2 atom stereocenters. The topological polar surface area (TPSA) is 122 Å². The lowest BCUT2D eigenvalue weighted by molar-refractivity contribution is -0.141. The Bertz CT molecular complexity index is 548. The van der Waals surface area contributed by atoms with Crippen molar-refractivity contribution in [3.63, 3.8) is 0 Å². The molecule has 0 fully saturated rings. The molecule has 0 aromatic heterocycles. The van der Waals surface area contributed by atoms with Crippen molar-refractivity contribution in [2.24, 2.45) is 5.73 Å². The van der Waals surface area contributed by atoms with Crippen molar-refractivity contribution in [2.75, 3.05) is 0 Å². The molecule has 0 radical (unpaired) electrons. The van der Waals surface area contributed by atoms with Crippen LogP contribution in [0.15, 0.2) is 24.3 Å². The van der Waals surface area contributed by atoms with Crippen molar-refractivity contribution >= 4 is 29.4 Å². The highest BCUT2D eigenvalue weighted by molar-refractivity contribution is 6.30. The van der Waals surface area contributed by atoms with Gasteiger partial charge in [-0.1, -0.05) is 23.7 Å². The Morgan fingerprint density at radius 2 is 1.86 bits per heavy atom. The van der Waals surface area contributed by atoms with Gasteiger partial charge in [0.2, 0.25) is 11.8 Å². The maximum atomic E-state index is 11.8. The number of hydrogen-bond acceptors (Lipinski definition) is 4. The molecule has 2 amide bonds. The molecule has 1 aromatic carbocycles. The molecule has 7 nitrogen and oxygen atoms in total. The maximum Gasteiger partial charge on any atom is 0.325 e. The first-order chi connectivity index (χ1) is 10.3. The van der Waals surface area contributed by atoms with E-state index in [2.05, 4.69) is 10.6 Å². The van der Waals surface area contributed by atoms with Gasteiger partial charge in [0, 0.05) is 11.6 Å². The number of aliphatic carboxylic acids is 1. The summed E-state index contributed by atoms with van der Waals surface area (Å²) in [5.74, 6) is -2.24. The van der Waals surface area contributed by atoms with Gasteiger partial charge in [0.1, 0.15) is 6.04 Å². The molecular formula is C14H18ClN3O4. The summed E-state index contributed by atoms with van der Waals surface area (Å²) in [5.41, 5.74) is 6.46. The van der Waals surface area contributed by atoms with Gasteiger partial charge in [-0.15, -0.1) is 0 Å². The van der Waals surface area contributed by atoms with E-state index in [1.54, 1.807) is 24.3 Å². The number of amides is 2. The Labute approximate surface area is 132 Å². The van der Waals surface area contributed by atoms with E-state index in [4.69, 9.17) is 22.4 Å². The second-order valence-electron chi connectivity index (χ2n) is 4.78. The SMILES string of the molecule is C[C@@H](NC(=O)C[C@H](N)C(=O)NCc1ccc(Cl)cc1)C(=O)O. The van der Waals surface area contributed by atoms with Crippen LogP contribution >= 0.6 is 11.6 Å². The molecule has 120 valence electrons. The Kier molecular flexibility index (Phi) is 6.81. The number of carboxylic acids is 1. The molecule has 1 aromatic rings. The Morgan fingerprint density at radius 1 is 1.27 bits per heavy atom. The van der Waals surface area contributed by atoms with Crippen molar-refractivity contribution in [3.8, 4) is 0 Å². The van der Waals surface area contributed by atoms with Crippen LogP contribution in [0, 0.1) is 0 Å². The number of carbonyl (C=O) groups excluding carboxylic acids is 2. The number of nitrogens with two attached hydrogens (primary N) is 1. The fourth-order valence-corrected chi connectivity index (χ4v) is 1.70. The minimum Gasteiger partial charge on any atom is -0.480 e. The number of halogens is 1. The van der Waals surface area contributed by atoms with E-state index in [0.717, 1.165) is 5.56 Å². The lowest BCUT2D eigenvalue weighted by Gasteiger charge is -2.14. The molecule has 0 aliphatic carbocycles. The standard InChI is InChI=1S/C14H18ClN3O4/c1-8(14(21)22)18-12(19)6-11(16)13(20)17-7-9-2-4-10(15)5-3-9/h2-5,8,11H,6-7,16H2,1H3,(H,17,20)(H,18,19)(H,21,22)/t8-,11+/m1/s1. The molecule has 0 unspecified atom stereocenters. The fourth-order valence-electron chi connectivity index (χ4n) is 1.58. The number of benzene rings is 1. The minimum atomic E-state index is -1.16. The van der Waals surface area contributed by atoms with Crippen LogP contribution in [-0.4, -0.2) is 35.0 Å². The molecule has 0 saturated heterocycles. The molecule has 5 N–H and O–H groups in total. The molecule has 22 heavy (non-hydrogen) atoms. The summed E-state index contributed by atoms with van der Waals surface area (Å²) in [6.45, 7) is 1.59. The molecule has 0 aliphatic rings. The lowest BCUT2D eigenvalue weighted by Crippen LogP contribution is -2.46. The van der Waals surface area contributed by atoms with E-state index < -0.39 is 29.9 Å². The van der Waals surface area contributed by atoms with Gasteiger partial charge in [0.15, 0.2) is 0 Å². The number of carbonyl (C=O) groups is 3. The summed E-state index contributed by atoms with van der Waals surface area (Å²) in [6, 6.07) is 4.84. The van der Waals surface area contributed by atoms with Crippen LogP contribution in [0.3, 0.4) is 0 Å². The predicted molar refractivity (Wildman–Crippen MR) is 81.1 cm³/mol. The molecule has 0 aliphatic heterocycles. The fraction of sp³-hybridized carbons (Fsp3) is 0.357. The molecule has 0 heterocycles. The predicted octanol–water partition coefficient (Wildman–Crippen LogP) is 0.263. The Morgan fingerprint density at radius 3 is 2.41 bits per heavy atom. The summed E-state index contributed by atoms with van der Waals surface area (Å²) in [7, 11) is 0. The van der Waals surface area contributed by atoms with Crippen molar-refractivity contribution in [1.29, 1.82) is 0 Å². The van der Waals surface area contributed by atoms with Gasteiger partial charge in [0.05, 0.1) is 12.5 Å². The quantitative estimate of drug-likeness (QED) is 0.572. The second-order valence-corrected chi connectivity index (χ2v) is 5.22. The average Bonchev–Trinajstić information content (AvgIpc) is 2.45. The maximum absolute atomic E-state index is 11.8. The third-order valence-electron chi connectivity index (χ3n) is 2.87. The first-order valence-corrected chi connectivity index (χ1v) is 6.97. The first kappa shape index (κ1) is 17.9. The number of hydrogen-bond donors (Lipinski definition) is 4. The Balaban J connectivity index is 2.40. The van der Waals surface area contributed by atoms with Gasteiger partial charge >= 0.3 is 5.97 Å². The summed E-state index contributed by atoms with van der Waals surface area (Å²) in [5, 5.41) is 14.1. The van der Waals surface area contributed by atoms with Gasteiger partial charge in [-0.25, -0.2) is 0 Å². The largest absolute Gasteiger partial charge is 0.480 e. The third kappa shape index (κ3) is 6.11. The Hall–Kier alpha value is -2.12. The van der Waals surface area contributed by atoms with Crippen molar-refractivity contribution in [2.45, 2.75) is 32.0 Å². The summed E-state index contributed by atoms with van der Waals surface area (Å²) < 4.78 is 0. The number of nitrogens with one attached hydrogen (secondary N) is 2.